The largest absolute Gasteiger partial charge is 0.478 e. The Morgan fingerprint density at radius 1 is 0.625 bits per heavy atom. The van der Waals surface area contributed by atoms with Crippen LogP contribution < -0.4 is 0 Å². The highest BCUT2D eigenvalue weighted by molar-refractivity contribution is 6.03. The topological polar surface area (TPSA) is 243 Å². The Bertz CT molecular complexity index is 717. The van der Waals surface area contributed by atoms with E-state index in [2.05, 4.69) is 0 Å². The zero-order chi connectivity index (χ0) is 24.9. The second-order valence-electron chi connectivity index (χ2n) is 7.12. The Morgan fingerprint density at radius 2 is 1.00 bits per heavy atom. The van der Waals surface area contributed by atoms with Gasteiger partial charge in [0.25, 0.3) is 0 Å². The molecule has 0 radical (unpaired) electrons. The Morgan fingerprint density at radius 3 is 1.28 bits per heavy atom. The molecule has 0 atom stereocenters. The summed E-state index contributed by atoms with van der Waals surface area (Å²) in [6, 6.07) is 2.81. The van der Waals surface area contributed by atoms with E-state index in [1.807, 2.05) is 0 Å². The van der Waals surface area contributed by atoms with Gasteiger partial charge >= 0.3 is 17.9 Å². The van der Waals surface area contributed by atoms with Crippen LogP contribution in [-0.4, -0.2) is 117 Å². The van der Waals surface area contributed by atoms with E-state index < -0.39 is 79.5 Å². The van der Waals surface area contributed by atoms with Gasteiger partial charge in [-0.3, -0.25) is 0 Å². The van der Waals surface area contributed by atoms with E-state index in [1.165, 1.54) is 0 Å². The lowest BCUT2D eigenvalue weighted by Gasteiger charge is -2.31. The smallest absolute Gasteiger partial charge is 0.336 e. The van der Waals surface area contributed by atoms with Crippen molar-refractivity contribution in [3.8, 4) is 0 Å². The van der Waals surface area contributed by atoms with Crippen molar-refractivity contribution in [2.75, 3.05) is 52.9 Å². The second-order valence-corrected chi connectivity index (χ2v) is 7.12. The van der Waals surface area contributed by atoms with Crippen molar-refractivity contribution in [3.05, 3.63) is 34.9 Å². The lowest BCUT2D eigenvalue weighted by atomic mass is 9.91. The average Bonchev–Trinajstić information content (AvgIpc) is 2.80. The minimum Gasteiger partial charge on any atom is -0.478 e. The van der Waals surface area contributed by atoms with Crippen molar-refractivity contribution in [1.29, 1.82) is 0 Å². The second kappa shape index (κ2) is 13.7. The highest BCUT2D eigenvalue weighted by atomic mass is 16.5. The maximum atomic E-state index is 10.6. The molecule has 0 unspecified atom stereocenters. The molecule has 0 saturated carbocycles. The van der Waals surface area contributed by atoms with Crippen LogP contribution in [-0.2, 0) is 4.74 Å². The SMILES string of the molecule is O=C(O)c1ccc(C(=O)O)c(C(=O)O)c1.OCC(CO)(CO)COCC(CO)(CO)CO. The zero-order valence-corrected chi connectivity index (χ0v) is 17.0. The molecule has 0 aliphatic carbocycles. The summed E-state index contributed by atoms with van der Waals surface area (Å²) in [5.74, 6) is -4.20. The van der Waals surface area contributed by atoms with Gasteiger partial charge in [-0.05, 0) is 18.2 Å². The first-order chi connectivity index (χ1) is 15.0. The molecule has 0 fully saturated rings. The van der Waals surface area contributed by atoms with Crippen LogP contribution in [0.5, 0.6) is 0 Å². The molecule has 0 saturated heterocycles. The number of hydrogen-bond acceptors (Lipinski definition) is 10. The normalized spacial score (nSPS) is 11.4. The van der Waals surface area contributed by atoms with Crippen LogP contribution in [0.4, 0.5) is 0 Å². The van der Waals surface area contributed by atoms with Gasteiger partial charge in [-0.2, -0.15) is 0 Å². The van der Waals surface area contributed by atoms with Gasteiger partial charge in [0, 0.05) is 0 Å². The van der Waals surface area contributed by atoms with Crippen molar-refractivity contribution < 1.29 is 65.1 Å². The van der Waals surface area contributed by atoms with Gasteiger partial charge in [0.2, 0.25) is 0 Å². The van der Waals surface area contributed by atoms with Gasteiger partial charge in [0.05, 0.1) is 80.4 Å². The molecule has 13 heteroatoms. The van der Waals surface area contributed by atoms with Crippen molar-refractivity contribution >= 4 is 17.9 Å². The molecule has 0 aliphatic heterocycles. The number of carbonyl (C=O) groups is 3. The maximum absolute atomic E-state index is 10.6. The van der Waals surface area contributed by atoms with E-state index in [0.29, 0.717) is 0 Å². The number of carboxylic acid groups (broad SMARTS) is 3. The van der Waals surface area contributed by atoms with Crippen LogP contribution in [0, 0.1) is 10.8 Å². The number of aliphatic hydroxyl groups excluding tert-OH is 6. The van der Waals surface area contributed by atoms with Crippen LogP contribution >= 0.6 is 0 Å². The summed E-state index contributed by atoms with van der Waals surface area (Å²) in [5, 5.41) is 80.1. The lowest BCUT2D eigenvalue weighted by molar-refractivity contribution is -0.103. The van der Waals surface area contributed by atoms with Gasteiger partial charge in [0.15, 0.2) is 0 Å². The first kappa shape index (κ1) is 29.4. The average molecular weight is 464 g/mol. The summed E-state index contributed by atoms with van der Waals surface area (Å²) in [6.45, 7) is -3.01. The molecular formula is C19H28O13. The third-order valence-electron chi connectivity index (χ3n) is 4.56. The molecule has 0 bridgehead atoms. The number of carboxylic acids is 3. The predicted octanol–water partition coefficient (Wildman–Crippen LogP) is -2.29. The fourth-order valence-electron chi connectivity index (χ4n) is 2.10. The standard InChI is InChI=1S/C10H22O7.C9H6O6/c11-1-9(2-12,3-13)7-17-8-10(4-14,5-15)6-16;10-7(11)4-1-2-5(8(12)13)6(3-4)9(14)15/h11-16H,1-8H2;1-3H,(H,10,11)(H,12,13)(H,14,15). The van der Waals surface area contributed by atoms with Gasteiger partial charge in [0.1, 0.15) is 0 Å². The van der Waals surface area contributed by atoms with Crippen molar-refractivity contribution in [2.24, 2.45) is 10.8 Å². The Labute approximate surface area is 182 Å². The Kier molecular flexibility index (Phi) is 12.6. The minimum atomic E-state index is -1.48. The molecule has 0 aliphatic rings. The first-order valence-electron chi connectivity index (χ1n) is 9.07. The van der Waals surface area contributed by atoms with Gasteiger partial charge in [-0.25, -0.2) is 14.4 Å². The Hall–Kier alpha value is -2.65. The molecule has 0 aromatic heterocycles. The number of benzene rings is 1. The van der Waals surface area contributed by atoms with E-state index in [-0.39, 0.29) is 18.8 Å². The fraction of sp³-hybridized carbons (Fsp3) is 0.526. The van der Waals surface area contributed by atoms with Gasteiger partial charge in [-0.15, -0.1) is 0 Å². The van der Waals surface area contributed by atoms with Crippen molar-refractivity contribution in [2.45, 2.75) is 0 Å². The number of hydrogen-bond donors (Lipinski definition) is 9. The Balaban J connectivity index is 0.000000604. The molecule has 32 heavy (non-hydrogen) atoms. The maximum Gasteiger partial charge on any atom is 0.336 e. The quantitative estimate of drug-likeness (QED) is 0.149. The lowest BCUT2D eigenvalue weighted by Crippen LogP contribution is -2.43. The molecule has 1 rings (SSSR count). The summed E-state index contributed by atoms with van der Waals surface area (Å²) < 4.78 is 5.15. The molecule has 182 valence electrons. The van der Waals surface area contributed by atoms with Crippen LogP contribution in [0.2, 0.25) is 0 Å². The van der Waals surface area contributed by atoms with Crippen LogP contribution in [0.1, 0.15) is 31.1 Å². The van der Waals surface area contributed by atoms with E-state index in [4.69, 9.17) is 50.7 Å². The molecule has 13 nitrogen and oxygen atoms in total. The highest BCUT2D eigenvalue weighted by Crippen LogP contribution is 2.19. The van der Waals surface area contributed by atoms with Crippen molar-refractivity contribution in [1.82, 2.24) is 0 Å². The highest BCUT2D eigenvalue weighted by Gasteiger charge is 2.32. The van der Waals surface area contributed by atoms with Crippen LogP contribution in [0.15, 0.2) is 18.2 Å². The van der Waals surface area contributed by atoms with Crippen molar-refractivity contribution in [3.63, 3.8) is 0 Å². The van der Waals surface area contributed by atoms with Crippen LogP contribution in [0.25, 0.3) is 0 Å². The molecule has 9 N–H and O–H groups in total. The summed E-state index contributed by atoms with van der Waals surface area (Å²) in [7, 11) is 0. The van der Waals surface area contributed by atoms with Crippen LogP contribution in [0.3, 0.4) is 0 Å². The molecular weight excluding hydrogens is 436 g/mol. The monoisotopic (exact) mass is 464 g/mol. The first-order valence-corrected chi connectivity index (χ1v) is 9.07. The van der Waals surface area contributed by atoms with E-state index in [0.717, 1.165) is 18.2 Å². The summed E-state index contributed by atoms with van der Waals surface area (Å²) in [5.41, 5.74) is -3.56. The van der Waals surface area contributed by atoms with E-state index in [1.54, 1.807) is 0 Å². The molecule has 1 aromatic rings. The minimum absolute atomic E-state index is 0.141. The number of aliphatic hydroxyl groups is 6. The number of ether oxygens (including phenoxy) is 1. The summed E-state index contributed by atoms with van der Waals surface area (Å²) in [6.07, 6.45) is 0. The van der Waals surface area contributed by atoms with E-state index in [9.17, 15) is 14.4 Å². The number of aromatic carboxylic acids is 3. The summed E-state index contributed by atoms with van der Waals surface area (Å²) >= 11 is 0. The van der Waals surface area contributed by atoms with Gasteiger partial charge < -0.3 is 50.7 Å². The zero-order valence-electron chi connectivity index (χ0n) is 17.0. The van der Waals surface area contributed by atoms with E-state index >= 15 is 0 Å². The molecule has 0 amide bonds. The molecule has 0 heterocycles. The third kappa shape index (κ3) is 8.12. The fourth-order valence-corrected chi connectivity index (χ4v) is 2.10. The third-order valence-corrected chi connectivity index (χ3v) is 4.56. The molecule has 0 spiro atoms. The van der Waals surface area contributed by atoms with Gasteiger partial charge in [-0.1, -0.05) is 0 Å². The number of rotatable bonds is 13. The predicted molar refractivity (Wildman–Crippen MR) is 106 cm³/mol. The summed E-state index contributed by atoms with van der Waals surface area (Å²) in [4.78, 5) is 31.8. The molecule has 1 aromatic carbocycles.